The number of amides is 1. The lowest BCUT2D eigenvalue weighted by molar-refractivity contribution is 0.0677. The molecule has 0 fully saturated rings. The van der Waals surface area contributed by atoms with Crippen molar-refractivity contribution in [1.29, 1.82) is 0 Å². The molecule has 4 rings (SSSR count). The van der Waals surface area contributed by atoms with Crippen molar-refractivity contribution in [2.45, 2.75) is 19.4 Å². The van der Waals surface area contributed by atoms with E-state index >= 15 is 0 Å². The smallest absolute Gasteiger partial charge is 0.273 e. The maximum Gasteiger partial charge on any atom is 0.273 e. The minimum absolute atomic E-state index is 0.0837. The molecule has 1 unspecified atom stereocenters. The molecule has 0 radical (unpaired) electrons. The standard InChI is InChI=1S/C23H24ClN3O3/c1-3-12-30-18-6-4-5-16(14-18)22-19-20(15-7-9-17(24)10-8-15)25-26-21(19)23(28)27(22)11-13-29-2/h4-10,14,22H,3,11-13H2,1-2H3,(H,25,26). The number of halogens is 1. The fourth-order valence-electron chi connectivity index (χ4n) is 3.79. The summed E-state index contributed by atoms with van der Waals surface area (Å²) in [7, 11) is 1.63. The number of aromatic amines is 1. The van der Waals surface area contributed by atoms with Crippen LogP contribution in [0, 0.1) is 0 Å². The summed E-state index contributed by atoms with van der Waals surface area (Å²) >= 11 is 6.06. The third-order valence-corrected chi connectivity index (χ3v) is 5.42. The maximum absolute atomic E-state index is 13.2. The molecular formula is C23H24ClN3O3. The van der Waals surface area contributed by atoms with Gasteiger partial charge in [-0.1, -0.05) is 42.8 Å². The van der Waals surface area contributed by atoms with Gasteiger partial charge in [0.05, 0.1) is 24.9 Å². The number of carbonyl (C=O) groups excluding carboxylic acids is 1. The number of rotatable bonds is 8. The van der Waals surface area contributed by atoms with Crippen LogP contribution in [0.2, 0.25) is 5.02 Å². The predicted octanol–water partition coefficient (Wildman–Crippen LogP) is 4.71. The zero-order chi connectivity index (χ0) is 21.1. The van der Waals surface area contributed by atoms with Gasteiger partial charge in [0, 0.05) is 29.8 Å². The van der Waals surface area contributed by atoms with Gasteiger partial charge in [0.25, 0.3) is 5.91 Å². The summed E-state index contributed by atoms with van der Waals surface area (Å²) in [5.74, 6) is 0.707. The summed E-state index contributed by atoms with van der Waals surface area (Å²) in [6.07, 6.45) is 0.929. The molecule has 1 atom stereocenters. The summed E-state index contributed by atoms with van der Waals surface area (Å²) in [4.78, 5) is 15.0. The average molecular weight is 426 g/mol. The number of hydrogen-bond donors (Lipinski definition) is 1. The van der Waals surface area contributed by atoms with Gasteiger partial charge in [-0.25, -0.2) is 0 Å². The van der Waals surface area contributed by atoms with Gasteiger partial charge < -0.3 is 14.4 Å². The minimum atomic E-state index is -0.280. The maximum atomic E-state index is 13.2. The van der Waals surface area contributed by atoms with Crippen LogP contribution in [0.15, 0.2) is 48.5 Å². The van der Waals surface area contributed by atoms with Crippen molar-refractivity contribution in [2.75, 3.05) is 26.9 Å². The van der Waals surface area contributed by atoms with E-state index in [4.69, 9.17) is 21.1 Å². The molecule has 0 saturated carbocycles. The highest BCUT2D eigenvalue weighted by Crippen LogP contribution is 2.43. The first-order valence-electron chi connectivity index (χ1n) is 10.0. The fraction of sp³-hybridized carbons (Fsp3) is 0.304. The highest BCUT2D eigenvalue weighted by Gasteiger charge is 2.42. The van der Waals surface area contributed by atoms with E-state index in [-0.39, 0.29) is 11.9 Å². The summed E-state index contributed by atoms with van der Waals surface area (Å²) in [5.41, 5.74) is 4.01. The van der Waals surface area contributed by atoms with E-state index in [1.807, 2.05) is 53.4 Å². The van der Waals surface area contributed by atoms with Gasteiger partial charge in [-0.15, -0.1) is 0 Å². The molecule has 2 heterocycles. The van der Waals surface area contributed by atoms with E-state index in [1.165, 1.54) is 0 Å². The molecule has 0 spiro atoms. The van der Waals surface area contributed by atoms with Gasteiger partial charge in [0.1, 0.15) is 11.4 Å². The van der Waals surface area contributed by atoms with E-state index in [0.717, 1.165) is 34.6 Å². The summed E-state index contributed by atoms with van der Waals surface area (Å²) in [5, 5.41) is 8.08. The number of fused-ring (bicyclic) bond motifs is 1. The van der Waals surface area contributed by atoms with Crippen LogP contribution in [-0.4, -0.2) is 47.9 Å². The van der Waals surface area contributed by atoms with E-state index in [2.05, 4.69) is 17.1 Å². The zero-order valence-electron chi connectivity index (χ0n) is 17.0. The highest BCUT2D eigenvalue weighted by molar-refractivity contribution is 6.30. The molecule has 7 heteroatoms. The predicted molar refractivity (Wildman–Crippen MR) is 116 cm³/mol. The number of nitrogens with one attached hydrogen (secondary N) is 1. The van der Waals surface area contributed by atoms with E-state index in [9.17, 15) is 4.79 Å². The van der Waals surface area contributed by atoms with Crippen molar-refractivity contribution >= 4 is 17.5 Å². The van der Waals surface area contributed by atoms with Crippen LogP contribution in [0.4, 0.5) is 0 Å². The second-order valence-corrected chi connectivity index (χ2v) is 7.62. The van der Waals surface area contributed by atoms with E-state index in [1.54, 1.807) is 7.11 Å². The van der Waals surface area contributed by atoms with Crippen molar-refractivity contribution < 1.29 is 14.3 Å². The van der Waals surface area contributed by atoms with Crippen LogP contribution in [-0.2, 0) is 4.74 Å². The lowest BCUT2D eigenvalue weighted by atomic mass is 9.96. The summed E-state index contributed by atoms with van der Waals surface area (Å²) < 4.78 is 11.1. The Balaban J connectivity index is 1.80. The van der Waals surface area contributed by atoms with Gasteiger partial charge in [-0.3, -0.25) is 9.89 Å². The largest absolute Gasteiger partial charge is 0.494 e. The molecule has 30 heavy (non-hydrogen) atoms. The van der Waals surface area contributed by atoms with Crippen molar-refractivity contribution in [3.63, 3.8) is 0 Å². The quantitative estimate of drug-likeness (QED) is 0.567. The van der Waals surface area contributed by atoms with Crippen LogP contribution in [0.25, 0.3) is 11.3 Å². The molecule has 1 aliphatic heterocycles. The Morgan fingerprint density at radius 1 is 1.17 bits per heavy atom. The third-order valence-electron chi connectivity index (χ3n) is 5.16. The molecule has 1 aliphatic rings. The Morgan fingerprint density at radius 3 is 2.70 bits per heavy atom. The Kier molecular flexibility index (Phi) is 6.06. The number of aromatic nitrogens is 2. The number of ether oxygens (including phenoxy) is 2. The number of H-pyrrole nitrogens is 1. The second kappa shape index (κ2) is 8.90. The van der Waals surface area contributed by atoms with Crippen LogP contribution in [0.3, 0.4) is 0 Å². The van der Waals surface area contributed by atoms with Crippen molar-refractivity contribution in [3.8, 4) is 17.0 Å². The lowest BCUT2D eigenvalue weighted by Gasteiger charge is -2.26. The molecule has 1 amide bonds. The number of hydrogen-bond acceptors (Lipinski definition) is 4. The van der Waals surface area contributed by atoms with Crippen molar-refractivity contribution in [1.82, 2.24) is 15.1 Å². The Bertz CT molecular complexity index is 1030. The topological polar surface area (TPSA) is 67.5 Å². The molecular weight excluding hydrogens is 402 g/mol. The second-order valence-electron chi connectivity index (χ2n) is 7.18. The zero-order valence-corrected chi connectivity index (χ0v) is 17.8. The molecule has 2 aromatic carbocycles. The summed E-state index contributed by atoms with van der Waals surface area (Å²) in [6, 6.07) is 15.1. The molecule has 3 aromatic rings. The molecule has 0 aliphatic carbocycles. The first-order chi connectivity index (χ1) is 14.6. The van der Waals surface area contributed by atoms with Gasteiger partial charge >= 0.3 is 0 Å². The minimum Gasteiger partial charge on any atom is -0.494 e. The molecule has 0 bridgehead atoms. The highest BCUT2D eigenvalue weighted by atomic mass is 35.5. The van der Waals surface area contributed by atoms with Crippen molar-refractivity contribution in [3.05, 3.63) is 70.4 Å². The molecule has 6 nitrogen and oxygen atoms in total. The molecule has 0 saturated heterocycles. The number of methoxy groups -OCH3 is 1. The third kappa shape index (κ3) is 3.80. The summed E-state index contributed by atoms with van der Waals surface area (Å²) in [6.45, 7) is 3.64. The number of nitrogens with zero attached hydrogens (tertiary/aromatic N) is 2. The van der Waals surface area contributed by atoms with Gasteiger partial charge in [-0.05, 0) is 36.2 Å². The van der Waals surface area contributed by atoms with Crippen LogP contribution < -0.4 is 4.74 Å². The average Bonchev–Trinajstić information content (AvgIpc) is 3.30. The first kappa shape index (κ1) is 20.4. The molecule has 156 valence electrons. The van der Waals surface area contributed by atoms with E-state index < -0.39 is 0 Å². The van der Waals surface area contributed by atoms with Crippen LogP contribution in [0.5, 0.6) is 5.75 Å². The van der Waals surface area contributed by atoms with Gasteiger partial charge in [0.2, 0.25) is 0 Å². The number of carbonyl (C=O) groups is 1. The Labute approximate surface area is 180 Å². The normalized spacial score (nSPS) is 15.5. The monoisotopic (exact) mass is 425 g/mol. The SMILES string of the molecule is CCCOc1cccc(C2c3c(-c4ccc(Cl)cc4)n[nH]c3C(=O)N2CCOC)c1. The number of benzene rings is 2. The van der Waals surface area contributed by atoms with Crippen LogP contribution in [0.1, 0.15) is 41.0 Å². The van der Waals surface area contributed by atoms with Gasteiger partial charge in [0.15, 0.2) is 0 Å². The van der Waals surface area contributed by atoms with E-state index in [0.29, 0.717) is 30.5 Å². The Hall–Kier alpha value is -2.83. The first-order valence-corrected chi connectivity index (χ1v) is 10.4. The Morgan fingerprint density at radius 2 is 1.97 bits per heavy atom. The van der Waals surface area contributed by atoms with Gasteiger partial charge in [-0.2, -0.15) is 5.10 Å². The van der Waals surface area contributed by atoms with Crippen LogP contribution >= 0.6 is 11.6 Å². The lowest BCUT2D eigenvalue weighted by Crippen LogP contribution is -2.32. The molecule has 1 aromatic heterocycles. The van der Waals surface area contributed by atoms with Crippen molar-refractivity contribution in [2.24, 2.45) is 0 Å². The fourth-order valence-corrected chi connectivity index (χ4v) is 3.91. The molecule has 1 N–H and O–H groups in total.